The molecule has 0 radical (unpaired) electrons. The molecule has 2 aromatic rings. The van der Waals surface area contributed by atoms with Crippen LogP contribution in [0.3, 0.4) is 0 Å². The Bertz CT molecular complexity index is 828. The third-order valence-electron chi connectivity index (χ3n) is 4.08. The summed E-state index contributed by atoms with van der Waals surface area (Å²) in [6.45, 7) is 1.38. The zero-order valence-electron chi connectivity index (χ0n) is 14.1. The van der Waals surface area contributed by atoms with E-state index >= 15 is 0 Å². The minimum absolute atomic E-state index is 0.0367. The Hall–Kier alpha value is -2.26. The van der Waals surface area contributed by atoms with Crippen LogP contribution in [0.25, 0.3) is 0 Å². The number of ether oxygens (including phenoxy) is 3. The van der Waals surface area contributed by atoms with Gasteiger partial charge in [0, 0.05) is 25.5 Å². The fourth-order valence-electron chi connectivity index (χ4n) is 2.75. The van der Waals surface area contributed by atoms with E-state index in [1.165, 1.54) is 32.5 Å². The number of rotatable bonds is 6. The maximum atomic E-state index is 12.7. The van der Waals surface area contributed by atoms with E-state index in [9.17, 15) is 8.42 Å². The molecule has 9 heteroatoms. The fraction of sp³-hybridized carbons (Fsp3) is 0.438. The van der Waals surface area contributed by atoms with Gasteiger partial charge in [0.15, 0.2) is 0 Å². The summed E-state index contributed by atoms with van der Waals surface area (Å²) in [6.07, 6.45) is 4.92. The van der Waals surface area contributed by atoms with Crippen LogP contribution in [-0.2, 0) is 14.8 Å². The second kappa shape index (κ2) is 7.32. The molecule has 0 unspecified atom stereocenters. The summed E-state index contributed by atoms with van der Waals surface area (Å²) in [4.78, 5) is 0.0367. The number of methoxy groups -OCH3 is 2. The van der Waals surface area contributed by atoms with Crippen LogP contribution in [0.2, 0.25) is 0 Å². The van der Waals surface area contributed by atoms with Crippen molar-refractivity contribution in [1.82, 2.24) is 9.78 Å². The van der Waals surface area contributed by atoms with Crippen molar-refractivity contribution >= 4 is 15.7 Å². The van der Waals surface area contributed by atoms with Crippen LogP contribution >= 0.6 is 0 Å². The van der Waals surface area contributed by atoms with Crippen molar-refractivity contribution in [3.63, 3.8) is 0 Å². The van der Waals surface area contributed by atoms with Crippen LogP contribution < -0.4 is 14.2 Å². The van der Waals surface area contributed by atoms with Gasteiger partial charge < -0.3 is 14.2 Å². The fourth-order valence-corrected chi connectivity index (χ4v) is 3.93. The Morgan fingerprint density at radius 3 is 2.68 bits per heavy atom. The lowest BCUT2D eigenvalue weighted by molar-refractivity contribution is 0.0662. The van der Waals surface area contributed by atoms with Gasteiger partial charge in [0.05, 0.1) is 32.1 Å². The SMILES string of the molecule is COc1ccc(S(=O)(=O)Nc2cnn(C3CCOCC3)c2)c(OC)c1. The third-order valence-corrected chi connectivity index (χ3v) is 5.50. The maximum absolute atomic E-state index is 12.7. The summed E-state index contributed by atoms with van der Waals surface area (Å²) in [6, 6.07) is 4.77. The van der Waals surface area contributed by atoms with Crippen molar-refractivity contribution in [3.8, 4) is 11.5 Å². The largest absolute Gasteiger partial charge is 0.497 e. The molecule has 0 saturated carbocycles. The Labute approximate surface area is 146 Å². The van der Waals surface area contributed by atoms with Crippen LogP contribution in [0.5, 0.6) is 11.5 Å². The van der Waals surface area contributed by atoms with Gasteiger partial charge in [-0.05, 0) is 25.0 Å². The number of benzene rings is 1. The van der Waals surface area contributed by atoms with Crippen molar-refractivity contribution in [2.24, 2.45) is 0 Å². The first-order chi connectivity index (χ1) is 12.0. The van der Waals surface area contributed by atoms with E-state index < -0.39 is 10.0 Å². The lowest BCUT2D eigenvalue weighted by Gasteiger charge is -2.22. The molecule has 3 rings (SSSR count). The molecule has 2 heterocycles. The van der Waals surface area contributed by atoms with E-state index in [4.69, 9.17) is 14.2 Å². The van der Waals surface area contributed by atoms with Gasteiger partial charge in [0.25, 0.3) is 10.0 Å². The summed E-state index contributed by atoms with van der Waals surface area (Å²) in [5.41, 5.74) is 0.407. The van der Waals surface area contributed by atoms with E-state index in [0.717, 1.165) is 12.8 Å². The topological polar surface area (TPSA) is 91.7 Å². The zero-order chi connectivity index (χ0) is 17.9. The standard InChI is InChI=1S/C16H21N3O5S/c1-22-14-3-4-16(15(9-14)23-2)25(20,21)18-12-10-17-19(11-12)13-5-7-24-8-6-13/h3-4,9-11,13,18H,5-8H2,1-2H3. The third kappa shape index (κ3) is 3.88. The first-order valence-corrected chi connectivity index (χ1v) is 9.38. The molecular formula is C16H21N3O5S. The summed E-state index contributed by atoms with van der Waals surface area (Å²) in [7, 11) is -0.888. The molecule has 1 aromatic heterocycles. The second-order valence-electron chi connectivity index (χ2n) is 5.67. The highest BCUT2D eigenvalue weighted by Gasteiger charge is 2.22. The van der Waals surface area contributed by atoms with E-state index in [1.54, 1.807) is 16.9 Å². The van der Waals surface area contributed by atoms with E-state index in [1.807, 2.05) is 0 Å². The van der Waals surface area contributed by atoms with Crippen LogP contribution in [0, 0.1) is 0 Å². The molecule has 1 fully saturated rings. The molecule has 25 heavy (non-hydrogen) atoms. The van der Waals surface area contributed by atoms with E-state index in [-0.39, 0.29) is 16.7 Å². The maximum Gasteiger partial charge on any atom is 0.265 e. The van der Waals surface area contributed by atoms with Gasteiger partial charge in [-0.15, -0.1) is 0 Å². The minimum Gasteiger partial charge on any atom is -0.497 e. The first kappa shape index (κ1) is 17.6. The predicted molar refractivity (Wildman–Crippen MR) is 91.7 cm³/mol. The summed E-state index contributed by atoms with van der Waals surface area (Å²) in [5.74, 6) is 0.729. The average Bonchev–Trinajstić information content (AvgIpc) is 3.09. The predicted octanol–water partition coefficient (Wildman–Crippen LogP) is 2.05. The number of anilines is 1. The number of sulfonamides is 1. The Morgan fingerprint density at radius 2 is 2.00 bits per heavy atom. The summed E-state index contributed by atoms with van der Waals surface area (Å²) < 4.78 is 45.3. The molecule has 1 N–H and O–H groups in total. The molecule has 1 aliphatic rings. The van der Waals surface area contributed by atoms with Crippen molar-refractivity contribution in [3.05, 3.63) is 30.6 Å². The summed E-state index contributed by atoms with van der Waals surface area (Å²) in [5, 5.41) is 4.27. The number of hydrogen-bond donors (Lipinski definition) is 1. The molecule has 0 bridgehead atoms. The molecule has 136 valence electrons. The molecule has 8 nitrogen and oxygen atoms in total. The van der Waals surface area contributed by atoms with Gasteiger partial charge >= 0.3 is 0 Å². The average molecular weight is 367 g/mol. The van der Waals surface area contributed by atoms with Gasteiger partial charge in [-0.3, -0.25) is 9.40 Å². The molecule has 0 amide bonds. The van der Waals surface area contributed by atoms with Crippen molar-refractivity contribution in [2.45, 2.75) is 23.8 Å². The molecule has 0 aliphatic carbocycles. The molecule has 1 aliphatic heterocycles. The number of hydrogen-bond acceptors (Lipinski definition) is 6. The lowest BCUT2D eigenvalue weighted by Crippen LogP contribution is -2.19. The first-order valence-electron chi connectivity index (χ1n) is 7.90. The minimum atomic E-state index is -3.81. The van der Waals surface area contributed by atoms with Gasteiger partial charge in [-0.1, -0.05) is 0 Å². The molecule has 0 spiro atoms. The van der Waals surface area contributed by atoms with Crippen molar-refractivity contribution < 1.29 is 22.6 Å². The lowest BCUT2D eigenvalue weighted by atomic mass is 10.1. The quantitative estimate of drug-likeness (QED) is 0.840. The highest BCUT2D eigenvalue weighted by atomic mass is 32.2. The van der Waals surface area contributed by atoms with Crippen LogP contribution in [0.4, 0.5) is 5.69 Å². The van der Waals surface area contributed by atoms with Crippen LogP contribution in [0.15, 0.2) is 35.5 Å². The van der Waals surface area contributed by atoms with Gasteiger partial charge in [0.1, 0.15) is 16.4 Å². The van der Waals surface area contributed by atoms with Crippen molar-refractivity contribution in [1.29, 1.82) is 0 Å². The van der Waals surface area contributed by atoms with Gasteiger partial charge in [-0.25, -0.2) is 8.42 Å². The second-order valence-corrected chi connectivity index (χ2v) is 7.33. The monoisotopic (exact) mass is 367 g/mol. The van der Waals surface area contributed by atoms with E-state index in [0.29, 0.717) is 24.7 Å². The molecule has 0 atom stereocenters. The van der Waals surface area contributed by atoms with Crippen molar-refractivity contribution in [2.75, 3.05) is 32.2 Å². The van der Waals surface area contributed by atoms with Gasteiger partial charge in [-0.2, -0.15) is 5.10 Å². The van der Waals surface area contributed by atoms with Crippen LogP contribution in [-0.4, -0.2) is 45.6 Å². The van der Waals surface area contributed by atoms with E-state index in [2.05, 4.69) is 9.82 Å². The Balaban J connectivity index is 1.81. The highest BCUT2D eigenvalue weighted by Crippen LogP contribution is 2.30. The summed E-state index contributed by atoms with van der Waals surface area (Å²) >= 11 is 0. The van der Waals surface area contributed by atoms with Crippen LogP contribution in [0.1, 0.15) is 18.9 Å². The Kier molecular flexibility index (Phi) is 5.14. The smallest absolute Gasteiger partial charge is 0.265 e. The normalized spacial score (nSPS) is 15.8. The molecule has 1 aromatic carbocycles. The number of nitrogens with zero attached hydrogens (tertiary/aromatic N) is 2. The zero-order valence-corrected chi connectivity index (χ0v) is 15.0. The molecular weight excluding hydrogens is 346 g/mol. The van der Waals surface area contributed by atoms with Gasteiger partial charge in [0.2, 0.25) is 0 Å². The molecule has 1 saturated heterocycles. The highest BCUT2D eigenvalue weighted by molar-refractivity contribution is 7.92. The Morgan fingerprint density at radius 1 is 1.24 bits per heavy atom. The number of aromatic nitrogens is 2. The number of nitrogens with one attached hydrogen (secondary N) is 1.